The van der Waals surface area contributed by atoms with Gasteiger partial charge in [0.2, 0.25) is 11.8 Å². The Kier molecular flexibility index (Phi) is 7.73. The molecule has 4 aromatic carbocycles. The maximum Gasteiger partial charge on any atom is 0.260 e. The Hall–Kier alpha value is -5.12. The van der Waals surface area contributed by atoms with E-state index in [-0.39, 0.29) is 35.4 Å². The quantitative estimate of drug-likeness (QED) is 0.166. The van der Waals surface area contributed by atoms with E-state index in [0.29, 0.717) is 33.3 Å². The first-order chi connectivity index (χ1) is 24.2. The number of phenols is 1. The maximum atomic E-state index is 15.3. The number of anilines is 2. The summed E-state index contributed by atoms with van der Waals surface area (Å²) >= 11 is 12.7. The highest BCUT2D eigenvalue weighted by atomic mass is 35.5. The molecule has 2 aliphatic carbocycles. The minimum atomic E-state index is -1.56. The van der Waals surface area contributed by atoms with Crippen molar-refractivity contribution in [3.05, 3.63) is 130 Å². The molecule has 252 valence electrons. The second-order valence-corrected chi connectivity index (χ2v) is 14.0. The molecule has 2 heterocycles. The van der Waals surface area contributed by atoms with Gasteiger partial charge in [-0.2, -0.15) is 5.01 Å². The predicted octanol–water partition coefficient (Wildman–Crippen LogP) is 6.90. The minimum absolute atomic E-state index is 0.0556. The largest absolute Gasteiger partial charge is 0.508 e. The van der Waals surface area contributed by atoms with Crippen LogP contribution < -0.4 is 15.1 Å². The van der Waals surface area contributed by atoms with Crippen molar-refractivity contribution in [2.24, 2.45) is 23.7 Å². The number of amides is 4. The normalized spacial score (nSPS) is 27.1. The predicted molar refractivity (Wildman–Crippen MR) is 188 cm³/mol. The number of halogens is 2. The lowest BCUT2D eigenvalue weighted by molar-refractivity contribution is -0.138. The van der Waals surface area contributed by atoms with E-state index in [4.69, 9.17) is 27.9 Å². The molecule has 1 saturated carbocycles. The summed E-state index contributed by atoms with van der Waals surface area (Å²) in [6, 6.07) is 27.3. The molecule has 9 nitrogen and oxygen atoms in total. The number of rotatable bonds is 6. The van der Waals surface area contributed by atoms with E-state index in [1.54, 1.807) is 92.0 Å². The summed E-state index contributed by atoms with van der Waals surface area (Å²) in [6.07, 6.45) is 2.33. The van der Waals surface area contributed by atoms with E-state index in [2.05, 4.69) is 5.43 Å². The molecule has 11 heteroatoms. The summed E-state index contributed by atoms with van der Waals surface area (Å²) in [5, 5.41) is 13.1. The fourth-order valence-electron chi connectivity index (χ4n) is 8.75. The number of allylic oxidation sites excluding steroid dienone is 2. The standard InChI is InChI=1S/C39H31Cl2N3O6/c1-50-24-14-11-21(12-15-24)39-29(36(47)44(38(39)49)42-31-18-13-22(40)19-30(31)41)20-28-25(34(39)26-9-5-6-10-32(26)45)16-17-27-33(28)37(48)43(35(27)46)23-7-3-2-4-8-23/h2-16,18-19,27-29,33-34,42,45H,17,20H2,1H3. The van der Waals surface area contributed by atoms with Crippen molar-refractivity contribution in [2.75, 3.05) is 17.4 Å². The van der Waals surface area contributed by atoms with Gasteiger partial charge in [-0.1, -0.05) is 83.4 Å². The third-order valence-corrected chi connectivity index (χ3v) is 11.4. The molecule has 2 N–H and O–H groups in total. The summed E-state index contributed by atoms with van der Waals surface area (Å²) in [6.45, 7) is 0. The first-order valence-electron chi connectivity index (χ1n) is 16.3. The number of phenolic OH excluding ortho intramolecular Hbond substituents is 1. The fourth-order valence-corrected chi connectivity index (χ4v) is 9.20. The van der Waals surface area contributed by atoms with Crippen molar-refractivity contribution in [1.29, 1.82) is 0 Å². The number of nitrogens with zero attached hydrogens (tertiary/aromatic N) is 2. The van der Waals surface area contributed by atoms with E-state index in [0.717, 1.165) is 10.6 Å². The second-order valence-electron chi connectivity index (χ2n) is 13.1. The van der Waals surface area contributed by atoms with Gasteiger partial charge in [0.15, 0.2) is 0 Å². The van der Waals surface area contributed by atoms with Crippen LogP contribution in [0.15, 0.2) is 109 Å². The van der Waals surface area contributed by atoms with E-state index in [9.17, 15) is 19.5 Å². The number of benzene rings is 4. The molecular formula is C39H31Cl2N3O6. The monoisotopic (exact) mass is 707 g/mol. The molecule has 6 unspecified atom stereocenters. The lowest BCUT2D eigenvalue weighted by Gasteiger charge is -2.50. The Bertz CT molecular complexity index is 2100. The van der Waals surface area contributed by atoms with E-state index >= 15 is 4.79 Å². The van der Waals surface area contributed by atoms with Crippen molar-refractivity contribution >= 4 is 58.2 Å². The van der Waals surface area contributed by atoms with Crippen LogP contribution in [-0.4, -0.2) is 40.9 Å². The highest BCUT2D eigenvalue weighted by molar-refractivity contribution is 6.36. The number of nitrogens with one attached hydrogen (secondary N) is 1. The van der Waals surface area contributed by atoms with Crippen molar-refractivity contribution in [3.63, 3.8) is 0 Å². The Morgan fingerprint density at radius 2 is 1.56 bits per heavy atom. The zero-order valence-electron chi connectivity index (χ0n) is 26.8. The summed E-state index contributed by atoms with van der Waals surface area (Å²) in [5.74, 6) is -5.03. The first kappa shape index (κ1) is 32.1. The third-order valence-electron chi connectivity index (χ3n) is 10.8. The third kappa shape index (κ3) is 4.60. The number of ether oxygens (including phenoxy) is 1. The number of carbonyl (C=O) groups excluding carboxylic acids is 4. The molecule has 0 aromatic heterocycles. The van der Waals surface area contributed by atoms with Gasteiger partial charge < -0.3 is 9.84 Å². The lowest BCUT2D eigenvalue weighted by Crippen LogP contribution is -2.53. The van der Waals surface area contributed by atoms with Crippen LogP contribution in [0.25, 0.3) is 0 Å². The van der Waals surface area contributed by atoms with Crippen LogP contribution in [0.1, 0.15) is 29.9 Å². The van der Waals surface area contributed by atoms with Gasteiger partial charge in [-0.3, -0.25) is 29.5 Å². The van der Waals surface area contributed by atoms with Crippen molar-refractivity contribution in [2.45, 2.75) is 24.2 Å². The number of para-hydroxylation sites is 2. The summed E-state index contributed by atoms with van der Waals surface area (Å²) < 4.78 is 5.44. The molecule has 50 heavy (non-hydrogen) atoms. The second kappa shape index (κ2) is 12.0. The molecule has 2 saturated heterocycles. The summed E-state index contributed by atoms with van der Waals surface area (Å²) in [5.41, 5.74) is 3.92. The average Bonchev–Trinajstić information content (AvgIpc) is 3.51. The summed E-state index contributed by atoms with van der Waals surface area (Å²) in [7, 11) is 1.54. The van der Waals surface area contributed by atoms with Gasteiger partial charge in [0.25, 0.3) is 11.8 Å². The molecule has 6 atom stereocenters. The Labute approximate surface area is 298 Å². The highest BCUT2D eigenvalue weighted by Crippen LogP contribution is 2.65. The van der Waals surface area contributed by atoms with Gasteiger partial charge in [-0.25, -0.2) is 0 Å². The number of hydrogen-bond acceptors (Lipinski definition) is 7. The molecule has 0 bridgehead atoms. The zero-order chi connectivity index (χ0) is 34.9. The number of aromatic hydroxyl groups is 1. The minimum Gasteiger partial charge on any atom is -0.508 e. The molecule has 4 amide bonds. The number of hydrazine groups is 1. The van der Waals surface area contributed by atoms with Crippen molar-refractivity contribution in [1.82, 2.24) is 5.01 Å². The number of methoxy groups -OCH3 is 1. The van der Waals surface area contributed by atoms with E-state index in [1.807, 2.05) is 12.1 Å². The highest BCUT2D eigenvalue weighted by Gasteiger charge is 2.70. The van der Waals surface area contributed by atoms with Crippen molar-refractivity contribution in [3.8, 4) is 11.5 Å². The zero-order valence-corrected chi connectivity index (χ0v) is 28.3. The van der Waals surface area contributed by atoms with Gasteiger partial charge >= 0.3 is 0 Å². The van der Waals surface area contributed by atoms with Crippen LogP contribution in [0.4, 0.5) is 11.4 Å². The van der Waals surface area contributed by atoms with Crippen LogP contribution in [-0.2, 0) is 24.6 Å². The Balaban J connectivity index is 1.33. The van der Waals surface area contributed by atoms with Crippen LogP contribution in [0, 0.1) is 23.7 Å². The van der Waals surface area contributed by atoms with Crippen LogP contribution in [0.3, 0.4) is 0 Å². The maximum absolute atomic E-state index is 15.3. The number of fused-ring (bicyclic) bond motifs is 4. The SMILES string of the molecule is COc1ccc(C23C(=O)N(Nc4ccc(Cl)cc4Cl)C(=O)C2CC2C(=CCC4C(=O)N(c5ccccc5)C(=O)C42)C3c2ccccc2O)cc1. The van der Waals surface area contributed by atoms with E-state index in [1.165, 1.54) is 11.0 Å². The van der Waals surface area contributed by atoms with Crippen LogP contribution >= 0.6 is 23.2 Å². The molecule has 4 aromatic rings. The molecule has 3 fully saturated rings. The van der Waals surface area contributed by atoms with Gasteiger partial charge in [0, 0.05) is 16.5 Å². The average molecular weight is 709 g/mol. The summed E-state index contributed by atoms with van der Waals surface area (Å²) in [4.78, 5) is 59.6. The number of imide groups is 2. The van der Waals surface area contributed by atoms with Gasteiger partial charge in [0.1, 0.15) is 11.5 Å². The molecule has 4 aliphatic rings. The molecule has 8 rings (SSSR count). The van der Waals surface area contributed by atoms with Gasteiger partial charge in [-0.05, 0) is 72.9 Å². The molecular weight excluding hydrogens is 677 g/mol. The fraction of sp³-hybridized carbons (Fsp3) is 0.231. The van der Waals surface area contributed by atoms with Crippen LogP contribution in [0.2, 0.25) is 10.0 Å². The number of carbonyl (C=O) groups is 4. The topological polar surface area (TPSA) is 116 Å². The smallest absolute Gasteiger partial charge is 0.260 e. The first-order valence-corrected chi connectivity index (χ1v) is 17.1. The van der Waals surface area contributed by atoms with Crippen LogP contribution in [0.5, 0.6) is 11.5 Å². The Morgan fingerprint density at radius 3 is 2.26 bits per heavy atom. The van der Waals surface area contributed by atoms with Gasteiger partial charge in [0.05, 0.1) is 46.7 Å². The Morgan fingerprint density at radius 1 is 0.840 bits per heavy atom. The van der Waals surface area contributed by atoms with Crippen molar-refractivity contribution < 1.29 is 29.0 Å². The molecule has 0 radical (unpaired) electrons. The lowest BCUT2D eigenvalue weighted by atomic mass is 9.49. The van der Waals surface area contributed by atoms with Gasteiger partial charge in [-0.15, -0.1) is 0 Å². The molecule has 0 spiro atoms. The van der Waals surface area contributed by atoms with E-state index < -0.39 is 46.8 Å². The number of hydrogen-bond donors (Lipinski definition) is 2. The molecule has 2 aliphatic heterocycles.